The number of nitrogens with zero attached hydrogens (tertiary/aromatic N) is 5. The van der Waals surface area contributed by atoms with Crippen molar-refractivity contribution in [3.8, 4) is 0 Å². The first-order valence-electron chi connectivity index (χ1n) is 10.9. The average Bonchev–Trinajstić information content (AvgIpc) is 3.14. The standard InChI is InChI=1S/C24H31N7.HI/c1-19-28-29-23(30(19)2)17-26-24(25-16-20-10-5-3-6-11-20)27-21-12-9-15-31(18-21)22-13-7-4-8-14-22;/h3-8,10-11,13-14,21H,9,12,15-18H2,1-2H3,(H2,25,26,27);1H. The largest absolute Gasteiger partial charge is 0.369 e. The first kappa shape index (κ1) is 24.0. The molecule has 170 valence electrons. The van der Waals surface area contributed by atoms with Gasteiger partial charge in [0.1, 0.15) is 5.82 Å². The maximum Gasteiger partial charge on any atom is 0.192 e. The van der Waals surface area contributed by atoms with Crippen molar-refractivity contribution in [2.45, 2.75) is 38.9 Å². The zero-order valence-corrected chi connectivity index (χ0v) is 21.1. The number of piperidine rings is 1. The summed E-state index contributed by atoms with van der Waals surface area (Å²) in [6, 6.07) is 21.3. The van der Waals surface area contributed by atoms with Gasteiger partial charge in [0.15, 0.2) is 11.8 Å². The molecule has 8 heteroatoms. The van der Waals surface area contributed by atoms with Crippen molar-refractivity contribution in [1.82, 2.24) is 25.4 Å². The molecule has 1 aromatic heterocycles. The molecule has 0 spiro atoms. The van der Waals surface area contributed by atoms with Crippen LogP contribution in [0.25, 0.3) is 0 Å². The van der Waals surface area contributed by atoms with E-state index in [2.05, 4.69) is 68.2 Å². The van der Waals surface area contributed by atoms with Crippen molar-refractivity contribution >= 4 is 35.6 Å². The molecule has 1 aliphatic rings. The molecule has 0 radical (unpaired) electrons. The zero-order chi connectivity index (χ0) is 21.5. The van der Waals surface area contributed by atoms with Crippen LogP contribution in [0.4, 0.5) is 5.69 Å². The summed E-state index contributed by atoms with van der Waals surface area (Å²) in [6.45, 7) is 5.21. The third-order valence-corrected chi connectivity index (χ3v) is 5.74. The van der Waals surface area contributed by atoms with Gasteiger partial charge in [-0.15, -0.1) is 34.2 Å². The number of para-hydroxylation sites is 1. The Morgan fingerprint density at radius 3 is 2.47 bits per heavy atom. The fourth-order valence-corrected chi connectivity index (χ4v) is 3.84. The number of benzene rings is 2. The Kier molecular flexibility index (Phi) is 8.90. The lowest BCUT2D eigenvalue weighted by Crippen LogP contribution is -2.51. The number of guanidine groups is 1. The second-order valence-electron chi connectivity index (χ2n) is 7.99. The minimum absolute atomic E-state index is 0. The lowest BCUT2D eigenvalue weighted by molar-refractivity contribution is 0.467. The van der Waals surface area contributed by atoms with E-state index in [1.807, 2.05) is 36.7 Å². The van der Waals surface area contributed by atoms with E-state index in [4.69, 9.17) is 4.99 Å². The monoisotopic (exact) mass is 545 g/mol. The van der Waals surface area contributed by atoms with Crippen LogP contribution in [0.2, 0.25) is 0 Å². The number of halogens is 1. The molecular formula is C24H32IN7. The molecule has 32 heavy (non-hydrogen) atoms. The molecular weight excluding hydrogens is 513 g/mol. The molecule has 1 unspecified atom stereocenters. The fraction of sp³-hybridized carbons (Fsp3) is 0.375. The topological polar surface area (TPSA) is 70.4 Å². The molecule has 4 rings (SSSR count). The number of rotatable bonds is 6. The SMILES string of the molecule is Cc1nnc(CNC(=NCc2ccccc2)NC2CCCN(c3ccccc3)C2)n1C.I. The Morgan fingerprint density at radius 1 is 1.06 bits per heavy atom. The molecule has 1 saturated heterocycles. The molecule has 1 fully saturated rings. The maximum atomic E-state index is 4.86. The minimum atomic E-state index is 0. The van der Waals surface area contributed by atoms with E-state index in [1.165, 1.54) is 11.3 Å². The molecule has 0 saturated carbocycles. The average molecular weight is 545 g/mol. The summed E-state index contributed by atoms with van der Waals surface area (Å²) >= 11 is 0. The summed E-state index contributed by atoms with van der Waals surface area (Å²) in [5.74, 6) is 2.60. The molecule has 2 N–H and O–H groups in total. The summed E-state index contributed by atoms with van der Waals surface area (Å²) in [6.07, 6.45) is 2.28. The van der Waals surface area contributed by atoms with Crippen LogP contribution in [0.3, 0.4) is 0 Å². The lowest BCUT2D eigenvalue weighted by Gasteiger charge is -2.35. The van der Waals surface area contributed by atoms with Crippen LogP contribution in [-0.4, -0.2) is 39.9 Å². The van der Waals surface area contributed by atoms with E-state index in [9.17, 15) is 0 Å². The Hall–Kier alpha value is -2.62. The lowest BCUT2D eigenvalue weighted by atomic mass is 10.1. The van der Waals surface area contributed by atoms with E-state index in [0.29, 0.717) is 19.1 Å². The van der Waals surface area contributed by atoms with E-state index in [1.54, 1.807) is 0 Å². The summed E-state index contributed by atoms with van der Waals surface area (Å²) in [5.41, 5.74) is 2.46. The Labute approximate surface area is 207 Å². The minimum Gasteiger partial charge on any atom is -0.369 e. The van der Waals surface area contributed by atoms with Gasteiger partial charge in [0.05, 0.1) is 13.1 Å². The van der Waals surface area contributed by atoms with Crippen LogP contribution >= 0.6 is 24.0 Å². The molecule has 0 aliphatic carbocycles. The fourth-order valence-electron chi connectivity index (χ4n) is 3.84. The molecule has 2 aromatic carbocycles. The van der Waals surface area contributed by atoms with E-state index >= 15 is 0 Å². The van der Waals surface area contributed by atoms with Gasteiger partial charge >= 0.3 is 0 Å². The first-order chi connectivity index (χ1) is 15.2. The van der Waals surface area contributed by atoms with Gasteiger partial charge in [0, 0.05) is 31.9 Å². The number of hydrogen-bond acceptors (Lipinski definition) is 4. The van der Waals surface area contributed by atoms with Gasteiger partial charge in [-0.05, 0) is 37.5 Å². The van der Waals surface area contributed by atoms with Gasteiger partial charge in [0.25, 0.3) is 0 Å². The highest BCUT2D eigenvalue weighted by Crippen LogP contribution is 2.19. The molecule has 0 bridgehead atoms. The van der Waals surface area contributed by atoms with Crippen molar-refractivity contribution in [1.29, 1.82) is 0 Å². The highest BCUT2D eigenvalue weighted by Gasteiger charge is 2.21. The summed E-state index contributed by atoms with van der Waals surface area (Å²) in [7, 11) is 1.99. The van der Waals surface area contributed by atoms with Crippen LogP contribution in [0.15, 0.2) is 65.7 Å². The first-order valence-corrected chi connectivity index (χ1v) is 10.9. The van der Waals surface area contributed by atoms with Gasteiger partial charge < -0.3 is 20.1 Å². The zero-order valence-electron chi connectivity index (χ0n) is 18.7. The third kappa shape index (κ3) is 6.44. The molecule has 2 heterocycles. The van der Waals surface area contributed by atoms with Crippen LogP contribution in [0.1, 0.15) is 30.1 Å². The Balaban J connectivity index is 0.00000289. The normalized spacial score (nSPS) is 16.4. The van der Waals surface area contributed by atoms with Crippen LogP contribution in [0.5, 0.6) is 0 Å². The second kappa shape index (κ2) is 11.8. The maximum absolute atomic E-state index is 4.86. The summed E-state index contributed by atoms with van der Waals surface area (Å²) in [5, 5.41) is 15.5. The number of hydrogen-bond donors (Lipinski definition) is 2. The number of aryl methyl sites for hydroxylation is 1. The smallest absolute Gasteiger partial charge is 0.192 e. The van der Waals surface area contributed by atoms with Crippen molar-refractivity contribution < 1.29 is 0 Å². The van der Waals surface area contributed by atoms with Crippen LogP contribution in [0, 0.1) is 6.92 Å². The van der Waals surface area contributed by atoms with Crippen molar-refractivity contribution in [3.05, 3.63) is 77.9 Å². The van der Waals surface area contributed by atoms with Gasteiger partial charge in [0.2, 0.25) is 0 Å². The third-order valence-electron chi connectivity index (χ3n) is 5.74. The van der Waals surface area contributed by atoms with Gasteiger partial charge in [-0.25, -0.2) is 4.99 Å². The number of aromatic nitrogens is 3. The van der Waals surface area contributed by atoms with E-state index < -0.39 is 0 Å². The molecule has 1 aliphatic heterocycles. The van der Waals surface area contributed by atoms with Crippen LogP contribution in [-0.2, 0) is 20.1 Å². The second-order valence-corrected chi connectivity index (χ2v) is 7.99. The number of anilines is 1. The molecule has 3 aromatic rings. The van der Waals surface area contributed by atoms with E-state index in [0.717, 1.165) is 43.5 Å². The quantitative estimate of drug-likeness (QED) is 0.281. The van der Waals surface area contributed by atoms with Crippen molar-refractivity contribution in [3.63, 3.8) is 0 Å². The summed E-state index contributed by atoms with van der Waals surface area (Å²) in [4.78, 5) is 7.30. The van der Waals surface area contributed by atoms with Crippen LogP contribution < -0.4 is 15.5 Å². The molecule has 1 atom stereocenters. The van der Waals surface area contributed by atoms with Gasteiger partial charge in [-0.1, -0.05) is 48.5 Å². The molecule has 0 amide bonds. The predicted molar refractivity (Wildman–Crippen MR) is 140 cm³/mol. The van der Waals surface area contributed by atoms with Gasteiger partial charge in [-0.3, -0.25) is 0 Å². The number of nitrogens with one attached hydrogen (secondary N) is 2. The highest BCUT2D eigenvalue weighted by atomic mass is 127. The Morgan fingerprint density at radius 2 is 1.78 bits per heavy atom. The molecule has 7 nitrogen and oxygen atoms in total. The highest BCUT2D eigenvalue weighted by molar-refractivity contribution is 14.0. The van der Waals surface area contributed by atoms with Crippen molar-refractivity contribution in [2.24, 2.45) is 12.0 Å². The predicted octanol–water partition coefficient (Wildman–Crippen LogP) is 3.65. The van der Waals surface area contributed by atoms with Gasteiger partial charge in [-0.2, -0.15) is 0 Å². The van der Waals surface area contributed by atoms with E-state index in [-0.39, 0.29) is 24.0 Å². The number of aliphatic imine (C=N–C) groups is 1. The Bertz CT molecular complexity index is 988. The van der Waals surface area contributed by atoms with Crippen molar-refractivity contribution in [2.75, 3.05) is 18.0 Å². The summed E-state index contributed by atoms with van der Waals surface area (Å²) < 4.78 is 2.00.